The van der Waals surface area contributed by atoms with Crippen LogP contribution in [0.5, 0.6) is 5.75 Å². The average Bonchev–Trinajstić information content (AvgIpc) is 2.99. The second kappa shape index (κ2) is 7.70. The number of hydrogen-bond donors (Lipinski definition) is 0. The van der Waals surface area contributed by atoms with E-state index < -0.39 is 0 Å². The molecular weight excluding hydrogens is 270 g/mol. The van der Waals surface area contributed by atoms with Gasteiger partial charge in [-0.15, -0.1) is 0 Å². The summed E-state index contributed by atoms with van der Waals surface area (Å²) in [5, 5.41) is 4.13. The first kappa shape index (κ1) is 14.6. The summed E-state index contributed by atoms with van der Waals surface area (Å²) in [5.74, 6) is 1.000. The lowest BCUT2D eigenvalue weighted by Gasteiger charge is -2.17. The number of para-hydroxylation sites is 1. The summed E-state index contributed by atoms with van der Waals surface area (Å²) in [6, 6.07) is 11.7. The molecule has 0 unspecified atom stereocenters. The maximum atomic E-state index is 12.0. The quantitative estimate of drug-likeness (QED) is 0.783. The maximum Gasteiger partial charge on any atom is 0.222 e. The van der Waals surface area contributed by atoms with Crippen LogP contribution in [-0.2, 0) is 11.2 Å². The lowest BCUT2D eigenvalue weighted by atomic mass is 10.2. The van der Waals surface area contributed by atoms with Crippen molar-refractivity contribution in [2.75, 3.05) is 20.2 Å². The molecule has 1 aromatic heterocycles. The van der Waals surface area contributed by atoms with Gasteiger partial charge in [0.2, 0.25) is 5.91 Å². The molecule has 0 aliphatic rings. The molecule has 0 fully saturated rings. The van der Waals surface area contributed by atoms with Crippen LogP contribution in [0, 0.1) is 0 Å². The number of carbonyl (C=O) groups is 1. The molecule has 0 saturated heterocycles. The summed E-state index contributed by atoms with van der Waals surface area (Å²) in [5.41, 5.74) is 1.23. The van der Waals surface area contributed by atoms with Gasteiger partial charge in [0.1, 0.15) is 12.4 Å². The van der Waals surface area contributed by atoms with Gasteiger partial charge in [0, 0.05) is 13.5 Å². The highest BCUT2D eigenvalue weighted by atomic mass is 32.1. The van der Waals surface area contributed by atoms with Gasteiger partial charge >= 0.3 is 0 Å². The highest BCUT2D eigenvalue weighted by Crippen LogP contribution is 2.10. The standard InChI is InChI=1S/C16H19NO2S/c1-17(10-11-19-15-5-3-2-4-6-15)16(18)8-7-14-9-12-20-13-14/h2-6,9,12-13H,7-8,10-11H2,1H3. The first-order valence-electron chi connectivity index (χ1n) is 6.68. The van der Waals surface area contributed by atoms with E-state index in [9.17, 15) is 4.79 Å². The SMILES string of the molecule is CN(CCOc1ccccc1)C(=O)CCc1ccsc1. The lowest BCUT2D eigenvalue weighted by molar-refractivity contribution is -0.130. The minimum Gasteiger partial charge on any atom is -0.492 e. The van der Waals surface area contributed by atoms with E-state index in [4.69, 9.17) is 4.74 Å². The Labute approximate surface area is 123 Å². The Morgan fingerprint density at radius 2 is 2.05 bits per heavy atom. The third-order valence-corrected chi connectivity index (χ3v) is 3.80. The molecule has 1 aromatic carbocycles. The molecule has 0 atom stereocenters. The predicted octanol–water partition coefficient (Wildman–Crippen LogP) is 3.22. The monoisotopic (exact) mass is 289 g/mol. The molecule has 0 radical (unpaired) electrons. The van der Waals surface area contributed by atoms with Crippen LogP contribution in [0.15, 0.2) is 47.2 Å². The number of nitrogens with zero attached hydrogens (tertiary/aromatic N) is 1. The van der Waals surface area contributed by atoms with E-state index in [0.29, 0.717) is 19.6 Å². The molecule has 20 heavy (non-hydrogen) atoms. The maximum absolute atomic E-state index is 12.0. The van der Waals surface area contributed by atoms with E-state index in [2.05, 4.69) is 11.4 Å². The minimum atomic E-state index is 0.160. The van der Waals surface area contributed by atoms with Gasteiger partial charge in [-0.25, -0.2) is 0 Å². The van der Waals surface area contributed by atoms with Gasteiger partial charge in [0.15, 0.2) is 0 Å². The molecule has 2 rings (SSSR count). The van der Waals surface area contributed by atoms with Crippen molar-refractivity contribution in [2.45, 2.75) is 12.8 Å². The van der Waals surface area contributed by atoms with Crippen LogP contribution >= 0.6 is 11.3 Å². The van der Waals surface area contributed by atoms with Gasteiger partial charge in [0.25, 0.3) is 0 Å². The normalized spacial score (nSPS) is 10.2. The Bertz CT molecular complexity index is 511. The van der Waals surface area contributed by atoms with Gasteiger partial charge in [0.05, 0.1) is 6.54 Å². The number of hydrogen-bond acceptors (Lipinski definition) is 3. The Morgan fingerprint density at radius 1 is 1.25 bits per heavy atom. The first-order chi connectivity index (χ1) is 9.75. The van der Waals surface area contributed by atoms with Crippen LogP contribution in [0.3, 0.4) is 0 Å². The molecule has 1 heterocycles. The fourth-order valence-electron chi connectivity index (χ4n) is 1.82. The van der Waals surface area contributed by atoms with Crippen molar-refractivity contribution >= 4 is 17.2 Å². The summed E-state index contributed by atoms with van der Waals surface area (Å²) in [4.78, 5) is 13.7. The Kier molecular flexibility index (Phi) is 5.62. The molecule has 2 aromatic rings. The van der Waals surface area contributed by atoms with E-state index in [1.165, 1.54) is 5.56 Å². The van der Waals surface area contributed by atoms with Crippen molar-refractivity contribution in [2.24, 2.45) is 0 Å². The summed E-state index contributed by atoms with van der Waals surface area (Å²) in [6.07, 6.45) is 1.37. The number of amides is 1. The highest BCUT2D eigenvalue weighted by Gasteiger charge is 2.08. The van der Waals surface area contributed by atoms with Crippen LogP contribution in [0.2, 0.25) is 0 Å². The number of rotatable bonds is 7. The zero-order valence-electron chi connectivity index (χ0n) is 11.6. The number of thiophene rings is 1. The Morgan fingerprint density at radius 3 is 2.75 bits per heavy atom. The molecule has 0 bridgehead atoms. The molecule has 0 N–H and O–H groups in total. The van der Waals surface area contributed by atoms with E-state index >= 15 is 0 Å². The molecule has 0 aliphatic heterocycles. The zero-order valence-corrected chi connectivity index (χ0v) is 12.4. The van der Waals surface area contributed by atoms with Crippen molar-refractivity contribution in [1.82, 2.24) is 4.90 Å². The average molecular weight is 289 g/mol. The van der Waals surface area contributed by atoms with E-state index in [1.807, 2.05) is 42.8 Å². The fraction of sp³-hybridized carbons (Fsp3) is 0.312. The third kappa shape index (κ3) is 4.70. The van der Waals surface area contributed by atoms with Crippen molar-refractivity contribution in [3.05, 3.63) is 52.7 Å². The second-order valence-corrected chi connectivity index (χ2v) is 5.39. The molecule has 3 nitrogen and oxygen atoms in total. The van der Waals surface area contributed by atoms with E-state index in [0.717, 1.165) is 12.2 Å². The van der Waals surface area contributed by atoms with Crippen LogP contribution in [-0.4, -0.2) is 31.0 Å². The van der Waals surface area contributed by atoms with Crippen molar-refractivity contribution < 1.29 is 9.53 Å². The summed E-state index contributed by atoms with van der Waals surface area (Å²) < 4.78 is 5.58. The van der Waals surface area contributed by atoms with Crippen LogP contribution in [0.1, 0.15) is 12.0 Å². The van der Waals surface area contributed by atoms with E-state index in [-0.39, 0.29) is 5.91 Å². The van der Waals surface area contributed by atoms with Crippen molar-refractivity contribution in [1.29, 1.82) is 0 Å². The number of likely N-dealkylation sites (N-methyl/N-ethyl adjacent to an activating group) is 1. The second-order valence-electron chi connectivity index (χ2n) is 4.61. The van der Waals surface area contributed by atoms with Gasteiger partial charge in [-0.05, 0) is 40.9 Å². The summed E-state index contributed by atoms with van der Waals surface area (Å²) >= 11 is 1.67. The van der Waals surface area contributed by atoms with Crippen molar-refractivity contribution in [3.63, 3.8) is 0 Å². The zero-order chi connectivity index (χ0) is 14.2. The van der Waals surface area contributed by atoms with Crippen molar-refractivity contribution in [3.8, 4) is 5.75 Å². The van der Waals surface area contributed by atoms with Crippen LogP contribution in [0.25, 0.3) is 0 Å². The van der Waals surface area contributed by atoms with Crippen LogP contribution in [0.4, 0.5) is 0 Å². The number of benzene rings is 1. The molecule has 0 spiro atoms. The third-order valence-electron chi connectivity index (χ3n) is 3.07. The lowest BCUT2D eigenvalue weighted by Crippen LogP contribution is -2.31. The number of carbonyl (C=O) groups excluding carboxylic acids is 1. The van der Waals surface area contributed by atoms with E-state index in [1.54, 1.807) is 16.2 Å². The molecular formula is C16H19NO2S. The molecule has 1 amide bonds. The summed E-state index contributed by atoms with van der Waals surface area (Å²) in [7, 11) is 1.82. The fourth-order valence-corrected chi connectivity index (χ4v) is 2.52. The summed E-state index contributed by atoms with van der Waals surface area (Å²) in [6.45, 7) is 1.13. The molecule has 4 heteroatoms. The van der Waals surface area contributed by atoms with Gasteiger partial charge in [-0.3, -0.25) is 4.79 Å². The Hall–Kier alpha value is -1.81. The predicted molar refractivity (Wildman–Crippen MR) is 82.2 cm³/mol. The minimum absolute atomic E-state index is 0.160. The number of ether oxygens (including phenoxy) is 1. The molecule has 0 aliphatic carbocycles. The molecule has 106 valence electrons. The smallest absolute Gasteiger partial charge is 0.222 e. The molecule has 0 saturated carbocycles. The highest BCUT2D eigenvalue weighted by molar-refractivity contribution is 7.07. The van der Waals surface area contributed by atoms with Gasteiger partial charge < -0.3 is 9.64 Å². The van der Waals surface area contributed by atoms with Gasteiger partial charge in [-0.1, -0.05) is 18.2 Å². The topological polar surface area (TPSA) is 29.5 Å². The number of aryl methyl sites for hydroxylation is 1. The first-order valence-corrected chi connectivity index (χ1v) is 7.63. The van der Waals surface area contributed by atoms with Gasteiger partial charge in [-0.2, -0.15) is 11.3 Å². The largest absolute Gasteiger partial charge is 0.492 e. The Balaban J connectivity index is 1.66. The van der Waals surface area contributed by atoms with Crippen LogP contribution < -0.4 is 4.74 Å².